The molecule has 0 aromatic rings. The summed E-state index contributed by atoms with van der Waals surface area (Å²) in [6, 6.07) is -0.743. The molecule has 1 atom stereocenters. The van der Waals surface area contributed by atoms with Gasteiger partial charge < -0.3 is 48.1 Å². The third-order valence-electron chi connectivity index (χ3n) is 0.757. The Hall–Kier alpha value is 1.27. The minimum Gasteiger partial charge on any atom is -1.00 e. The Bertz CT molecular complexity index is 100. The molecule has 1 unspecified atom stereocenters. The Kier molecular flexibility index (Phi) is 44.2. The van der Waals surface area contributed by atoms with Gasteiger partial charge in [-0.25, -0.2) is 0 Å². The molecule has 0 aliphatic carbocycles. The van der Waals surface area contributed by atoms with Crippen molar-refractivity contribution in [3.63, 3.8) is 0 Å². The number of carboxylic acid groups (broad SMARTS) is 1. The minimum absolute atomic E-state index is 0. The van der Waals surface area contributed by atoms with Gasteiger partial charge in [-0.05, 0) is 12.2 Å². The average molecular weight is 344 g/mol. The van der Waals surface area contributed by atoms with Crippen LogP contribution in [-0.2, 0) is 24.3 Å². The molecule has 0 aromatic heterocycles. The van der Waals surface area contributed by atoms with E-state index in [1.807, 2.05) is 0 Å². The molecule has 0 aromatic carbocycles. The molecule has 0 fully saturated rings. The zero-order valence-electron chi connectivity index (χ0n) is 5.84. The topological polar surface area (TPSA) is 63.3 Å². The number of hydrogen-bond donors (Lipinski definition) is 3. The second kappa shape index (κ2) is 18.1. The van der Waals surface area contributed by atoms with Crippen LogP contribution in [0.25, 0.3) is 0 Å². The first-order chi connectivity index (χ1) is 3.68. The van der Waals surface area contributed by atoms with Gasteiger partial charge in [-0.1, -0.05) is 0 Å². The zero-order chi connectivity index (χ0) is 6.57. The number of thiol groups is 1. The summed E-state index contributed by atoms with van der Waals surface area (Å²) in [5, 5.41) is 8.15. The molecule has 3 N–H and O–H groups in total. The van der Waals surface area contributed by atoms with Crippen molar-refractivity contribution in [1.82, 2.24) is 0 Å². The summed E-state index contributed by atoms with van der Waals surface area (Å²) < 4.78 is 0. The number of carbonyl (C=O) groups is 1. The molecule has 0 rings (SSSR count). The summed E-state index contributed by atoms with van der Waals surface area (Å²) in [7, 11) is 0. The van der Waals surface area contributed by atoms with Crippen molar-refractivity contribution in [2.24, 2.45) is 5.73 Å². The molecule has 0 saturated carbocycles. The van der Waals surface area contributed by atoms with E-state index in [0.29, 0.717) is 12.2 Å². The predicted molar refractivity (Wildman–Crippen MR) is 34.1 cm³/mol. The van der Waals surface area contributed by atoms with Gasteiger partial charge in [0.1, 0.15) is 6.04 Å². The Morgan fingerprint density at radius 3 is 1.83 bits per heavy atom. The van der Waals surface area contributed by atoms with Gasteiger partial charge in [0.25, 0.3) is 0 Å². The first-order valence-electron chi connectivity index (χ1n) is 2.27. The second-order valence-corrected chi connectivity index (χ2v) is 1.90. The van der Waals surface area contributed by atoms with Crippen LogP contribution >= 0.6 is 12.6 Å². The van der Waals surface area contributed by atoms with Gasteiger partial charge in [-0.15, -0.1) is 0 Å². The number of nitrogens with two attached hydrogens (primary N) is 1. The molecule has 0 aliphatic rings. The third kappa shape index (κ3) is 17.4. The van der Waals surface area contributed by atoms with Gasteiger partial charge in [-0.3, -0.25) is 4.79 Å². The maximum absolute atomic E-state index is 9.93. The maximum atomic E-state index is 9.93. The van der Waals surface area contributed by atoms with Crippen molar-refractivity contribution in [1.29, 1.82) is 0 Å². The summed E-state index contributed by atoms with van der Waals surface area (Å²) in [6.45, 7) is 0. The molecule has 0 radical (unpaired) electrons. The number of hydrogen-bond acceptors (Lipinski definition) is 3. The van der Waals surface area contributed by atoms with E-state index in [0.717, 1.165) is 0 Å². The van der Waals surface area contributed by atoms with Gasteiger partial charge in [0.05, 0.1) is 0 Å². The minimum atomic E-state index is -0.959. The Balaban J connectivity index is -0.0000000408. The molecule has 0 heterocycles. The summed E-state index contributed by atoms with van der Waals surface area (Å²) in [4.78, 5) is 9.93. The fourth-order valence-corrected chi connectivity index (χ4v) is 0.541. The largest absolute Gasteiger partial charge is 3.00 e. The van der Waals surface area contributed by atoms with Crippen molar-refractivity contribution >= 4 is 18.6 Å². The fraction of sp³-hybridized carbons (Fsp3) is 0.750. The average Bonchev–Trinajstić information content (AvgIpc) is 1.67. The molecule has 0 spiro atoms. The van der Waals surface area contributed by atoms with Crippen LogP contribution in [0.2, 0.25) is 0 Å². The smallest absolute Gasteiger partial charge is 1.00 e. The fourth-order valence-electron chi connectivity index (χ4n) is 0.263. The number of rotatable bonds is 3. The van der Waals surface area contributed by atoms with Crippen LogP contribution in [0.15, 0.2) is 0 Å². The maximum Gasteiger partial charge on any atom is 3.00 e. The van der Waals surface area contributed by atoms with E-state index < -0.39 is 12.0 Å². The number of aliphatic carboxylic acids is 1. The third-order valence-corrected chi connectivity index (χ3v) is 1.02. The molecule has 0 saturated heterocycles. The van der Waals surface area contributed by atoms with Crippen LogP contribution in [0.1, 0.15) is 6.42 Å². The normalized spacial score (nSPS) is 8.83. The Labute approximate surface area is 109 Å². The van der Waals surface area contributed by atoms with E-state index >= 15 is 0 Å². The number of halogens is 3. The summed E-state index contributed by atoms with van der Waals surface area (Å²) >= 11 is 3.81. The van der Waals surface area contributed by atoms with Crippen molar-refractivity contribution < 1.29 is 66.6 Å². The van der Waals surface area contributed by atoms with E-state index in [-0.39, 0.29) is 56.7 Å². The van der Waals surface area contributed by atoms with Crippen LogP contribution < -0.4 is 43.0 Å². The molecule has 8 heteroatoms. The molecule has 78 valence electrons. The van der Waals surface area contributed by atoms with Crippen LogP contribution in [-0.4, -0.2) is 22.9 Å². The molecular weight excluding hydrogens is 335 g/mol. The zero-order valence-corrected chi connectivity index (χ0v) is 10.6. The van der Waals surface area contributed by atoms with Gasteiger partial charge in [0.15, 0.2) is 0 Å². The molecule has 3 nitrogen and oxygen atoms in total. The first kappa shape index (κ1) is 29.2. The van der Waals surface area contributed by atoms with Crippen LogP contribution in [0.3, 0.4) is 0 Å². The van der Waals surface area contributed by atoms with Crippen molar-refractivity contribution in [3.8, 4) is 0 Å². The monoisotopic (exact) mass is 343 g/mol. The summed E-state index contributed by atoms with van der Waals surface area (Å²) in [6.07, 6.45) is 0.429. The van der Waals surface area contributed by atoms with Crippen LogP contribution in [0, 0.1) is 0 Å². The SMILES string of the molecule is NC(CCS)C(=O)O.[Cl-].[Cl-].[Cl-].[Rh+3]. The van der Waals surface area contributed by atoms with Gasteiger partial charge >= 0.3 is 25.4 Å². The standard InChI is InChI=1S/C4H9NO2S.3ClH.Rh/c5-3(1-2-8)4(6)7;;;;/h3,8H,1-2,5H2,(H,6,7);3*1H;/q;;;;+3/p-3. The van der Waals surface area contributed by atoms with Crippen molar-refractivity contribution in [2.45, 2.75) is 12.5 Å². The van der Waals surface area contributed by atoms with E-state index in [1.165, 1.54) is 0 Å². The Morgan fingerprint density at radius 2 is 1.75 bits per heavy atom. The first-order valence-corrected chi connectivity index (χ1v) is 2.91. The van der Waals surface area contributed by atoms with Gasteiger partial charge in [-0.2, -0.15) is 12.6 Å². The van der Waals surface area contributed by atoms with E-state index in [4.69, 9.17) is 10.8 Å². The predicted octanol–water partition coefficient (Wildman–Crippen LogP) is -9.27. The number of carboxylic acids is 1. The van der Waals surface area contributed by atoms with Crippen LogP contribution in [0.5, 0.6) is 0 Å². The summed E-state index contributed by atoms with van der Waals surface area (Å²) in [5.41, 5.74) is 5.08. The van der Waals surface area contributed by atoms with E-state index in [9.17, 15) is 4.79 Å². The van der Waals surface area contributed by atoms with Crippen molar-refractivity contribution in [3.05, 3.63) is 0 Å². The van der Waals surface area contributed by atoms with Crippen LogP contribution in [0.4, 0.5) is 0 Å². The molecular formula is C4H9Cl3NO2RhS. The molecule has 12 heavy (non-hydrogen) atoms. The second-order valence-electron chi connectivity index (χ2n) is 1.46. The van der Waals surface area contributed by atoms with E-state index in [1.54, 1.807) is 0 Å². The van der Waals surface area contributed by atoms with E-state index in [2.05, 4.69) is 12.6 Å². The van der Waals surface area contributed by atoms with Crippen molar-refractivity contribution in [2.75, 3.05) is 5.75 Å². The summed E-state index contributed by atoms with van der Waals surface area (Å²) in [5.74, 6) is -0.438. The van der Waals surface area contributed by atoms with Gasteiger partial charge in [0.2, 0.25) is 0 Å². The molecule has 0 bridgehead atoms. The quantitative estimate of drug-likeness (QED) is 0.352. The Morgan fingerprint density at radius 1 is 1.42 bits per heavy atom. The molecule has 0 amide bonds. The van der Waals surface area contributed by atoms with Gasteiger partial charge in [0, 0.05) is 0 Å². The molecule has 0 aliphatic heterocycles.